The van der Waals surface area contributed by atoms with Gasteiger partial charge in [0.2, 0.25) is 0 Å². The summed E-state index contributed by atoms with van der Waals surface area (Å²) >= 11 is 0. The molecule has 0 aliphatic heterocycles. The van der Waals surface area contributed by atoms with E-state index in [4.69, 9.17) is 0 Å². The number of nitrogens with one attached hydrogen (secondary N) is 1. The molecule has 2 heterocycles. The van der Waals surface area contributed by atoms with E-state index in [1.165, 1.54) is 0 Å². The van der Waals surface area contributed by atoms with Gasteiger partial charge in [-0.3, -0.25) is 5.10 Å². The van der Waals surface area contributed by atoms with Crippen LogP contribution in [0.15, 0.2) is 36.5 Å². The van der Waals surface area contributed by atoms with E-state index >= 15 is 0 Å². The van der Waals surface area contributed by atoms with Crippen LogP contribution in [0.4, 0.5) is 0 Å². The van der Waals surface area contributed by atoms with Gasteiger partial charge in [-0.05, 0) is 12.1 Å². The predicted octanol–water partition coefficient (Wildman–Crippen LogP) is 1.14. The molecular formula is C9H7N5. The molecule has 2 aromatic heterocycles. The van der Waals surface area contributed by atoms with Crippen molar-refractivity contribution in [3.8, 4) is 5.82 Å². The molecule has 1 aromatic carbocycles. The van der Waals surface area contributed by atoms with Crippen molar-refractivity contribution in [2.75, 3.05) is 0 Å². The highest BCUT2D eigenvalue weighted by molar-refractivity contribution is 5.75. The van der Waals surface area contributed by atoms with Crippen molar-refractivity contribution in [3.63, 3.8) is 0 Å². The quantitative estimate of drug-likeness (QED) is 0.618. The van der Waals surface area contributed by atoms with Gasteiger partial charge in [-0.15, -0.1) is 5.10 Å². The van der Waals surface area contributed by atoms with Crippen LogP contribution in [0.25, 0.3) is 16.9 Å². The summed E-state index contributed by atoms with van der Waals surface area (Å²) in [4.78, 5) is 0. The predicted molar refractivity (Wildman–Crippen MR) is 51.0 cm³/mol. The second-order valence-corrected chi connectivity index (χ2v) is 2.93. The molecule has 0 radical (unpaired) electrons. The Morgan fingerprint density at radius 2 is 2.07 bits per heavy atom. The van der Waals surface area contributed by atoms with Gasteiger partial charge in [-0.1, -0.05) is 17.3 Å². The molecule has 0 aliphatic carbocycles. The maximum atomic E-state index is 4.04. The third kappa shape index (κ3) is 0.922. The lowest BCUT2D eigenvalue weighted by Gasteiger charge is -1.95. The number of fused-ring (bicyclic) bond motifs is 1. The summed E-state index contributed by atoms with van der Waals surface area (Å²) in [5.74, 6) is 0.818. The molecular weight excluding hydrogens is 178 g/mol. The number of rotatable bonds is 1. The van der Waals surface area contributed by atoms with E-state index < -0.39 is 0 Å². The van der Waals surface area contributed by atoms with Crippen molar-refractivity contribution in [2.45, 2.75) is 0 Å². The molecule has 1 N–H and O–H groups in total. The van der Waals surface area contributed by atoms with Crippen LogP contribution >= 0.6 is 0 Å². The minimum absolute atomic E-state index is 0.818. The van der Waals surface area contributed by atoms with Crippen molar-refractivity contribution in [2.24, 2.45) is 0 Å². The van der Waals surface area contributed by atoms with E-state index in [9.17, 15) is 0 Å². The van der Waals surface area contributed by atoms with Gasteiger partial charge < -0.3 is 0 Å². The second kappa shape index (κ2) is 2.66. The fourth-order valence-electron chi connectivity index (χ4n) is 1.41. The largest absolute Gasteiger partial charge is 0.261 e. The number of aromatic nitrogens is 5. The van der Waals surface area contributed by atoms with Gasteiger partial charge >= 0.3 is 0 Å². The number of benzene rings is 1. The zero-order valence-corrected chi connectivity index (χ0v) is 7.25. The van der Waals surface area contributed by atoms with Crippen LogP contribution < -0.4 is 0 Å². The van der Waals surface area contributed by atoms with Gasteiger partial charge in [-0.25, -0.2) is 0 Å². The molecule has 0 spiro atoms. The average Bonchev–Trinajstić information content (AvgIpc) is 2.85. The van der Waals surface area contributed by atoms with Gasteiger partial charge in [0.25, 0.3) is 0 Å². The highest BCUT2D eigenvalue weighted by Gasteiger charge is 2.05. The Hall–Kier alpha value is -2.17. The summed E-state index contributed by atoms with van der Waals surface area (Å²) in [5.41, 5.74) is 1.85. The summed E-state index contributed by atoms with van der Waals surface area (Å²) < 4.78 is 1.72. The zero-order valence-electron chi connectivity index (χ0n) is 7.25. The third-order valence-corrected chi connectivity index (χ3v) is 2.07. The summed E-state index contributed by atoms with van der Waals surface area (Å²) in [6.07, 6.45) is 1.69. The first-order valence-electron chi connectivity index (χ1n) is 4.25. The maximum absolute atomic E-state index is 4.04. The van der Waals surface area contributed by atoms with Crippen molar-refractivity contribution in [1.29, 1.82) is 0 Å². The second-order valence-electron chi connectivity index (χ2n) is 2.93. The first-order valence-corrected chi connectivity index (χ1v) is 4.25. The minimum Gasteiger partial charge on any atom is -0.261 e. The molecule has 0 saturated carbocycles. The van der Waals surface area contributed by atoms with Crippen molar-refractivity contribution in [1.82, 2.24) is 25.2 Å². The molecule has 5 heteroatoms. The van der Waals surface area contributed by atoms with E-state index in [1.54, 1.807) is 10.9 Å². The van der Waals surface area contributed by atoms with E-state index in [1.807, 2.05) is 30.3 Å². The molecule has 3 rings (SSSR count). The van der Waals surface area contributed by atoms with Gasteiger partial charge in [0.05, 0.1) is 11.7 Å². The molecule has 0 fully saturated rings. The number of H-pyrrole nitrogens is 1. The molecule has 14 heavy (non-hydrogen) atoms. The topological polar surface area (TPSA) is 59.4 Å². The lowest BCUT2D eigenvalue weighted by Crippen LogP contribution is -1.96. The van der Waals surface area contributed by atoms with E-state index in [-0.39, 0.29) is 0 Å². The van der Waals surface area contributed by atoms with Crippen LogP contribution in [0.3, 0.4) is 0 Å². The molecule has 0 atom stereocenters. The number of para-hydroxylation sites is 1. The minimum atomic E-state index is 0.818. The normalized spacial score (nSPS) is 10.9. The first-order chi connectivity index (χ1) is 6.95. The Kier molecular flexibility index (Phi) is 1.38. The standard InChI is InChI=1S/C9H7N5/c1-2-4-8-7(3-1)11-13-14(8)9-5-6-10-12-9/h1-6H,(H,10,12). The fraction of sp³-hybridized carbons (Fsp3) is 0. The van der Waals surface area contributed by atoms with Gasteiger partial charge in [0, 0.05) is 6.07 Å². The van der Waals surface area contributed by atoms with Crippen LogP contribution in [-0.4, -0.2) is 25.2 Å². The van der Waals surface area contributed by atoms with Crippen LogP contribution in [0.5, 0.6) is 0 Å². The van der Waals surface area contributed by atoms with E-state index in [0.717, 1.165) is 16.9 Å². The Morgan fingerprint density at radius 3 is 2.93 bits per heavy atom. The molecule has 0 amide bonds. The number of hydrogen-bond donors (Lipinski definition) is 1. The number of nitrogens with zero attached hydrogens (tertiary/aromatic N) is 4. The van der Waals surface area contributed by atoms with Crippen LogP contribution in [-0.2, 0) is 0 Å². The lowest BCUT2D eigenvalue weighted by atomic mass is 10.3. The van der Waals surface area contributed by atoms with E-state index in [0.29, 0.717) is 0 Å². The molecule has 3 aromatic rings. The summed E-state index contributed by atoms with van der Waals surface area (Å²) in [6.45, 7) is 0. The number of hydrogen-bond acceptors (Lipinski definition) is 3. The van der Waals surface area contributed by atoms with Crippen LogP contribution in [0, 0.1) is 0 Å². The van der Waals surface area contributed by atoms with Gasteiger partial charge in [-0.2, -0.15) is 9.78 Å². The monoisotopic (exact) mass is 185 g/mol. The molecule has 0 unspecified atom stereocenters. The van der Waals surface area contributed by atoms with Gasteiger partial charge in [0.15, 0.2) is 5.82 Å². The highest BCUT2D eigenvalue weighted by atomic mass is 15.5. The maximum Gasteiger partial charge on any atom is 0.151 e. The van der Waals surface area contributed by atoms with E-state index in [2.05, 4.69) is 20.5 Å². The summed E-state index contributed by atoms with van der Waals surface area (Å²) in [5, 5.41) is 14.8. The first kappa shape index (κ1) is 7.25. The summed E-state index contributed by atoms with van der Waals surface area (Å²) in [7, 11) is 0. The molecule has 68 valence electrons. The fourth-order valence-corrected chi connectivity index (χ4v) is 1.41. The van der Waals surface area contributed by atoms with Crippen LogP contribution in [0.2, 0.25) is 0 Å². The van der Waals surface area contributed by atoms with Crippen molar-refractivity contribution >= 4 is 11.0 Å². The molecule has 0 saturated heterocycles. The Balaban J connectivity index is 2.33. The third-order valence-electron chi connectivity index (χ3n) is 2.07. The Morgan fingerprint density at radius 1 is 1.14 bits per heavy atom. The number of aromatic amines is 1. The van der Waals surface area contributed by atoms with Crippen molar-refractivity contribution < 1.29 is 0 Å². The summed E-state index contributed by atoms with van der Waals surface area (Å²) in [6, 6.07) is 9.64. The molecule has 0 bridgehead atoms. The molecule has 0 aliphatic rings. The van der Waals surface area contributed by atoms with Gasteiger partial charge in [0.1, 0.15) is 5.52 Å². The molecule has 5 nitrogen and oxygen atoms in total. The SMILES string of the molecule is c1ccc2c(c1)nnn2-c1ccn[nH]1. The van der Waals surface area contributed by atoms with Crippen molar-refractivity contribution in [3.05, 3.63) is 36.5 Å². The average molecular weight is 185 g/mol. The smallest absolute Gasteiger partial charge is 0.151 e. The Bertz CT molecular complexity index is 551. The highest BCUT2D eigenvalue weighted by Crippen LogP contribution is 2.13. The zero-order chi connectivity index (χ0) is 9.38. The Labute approximate surface area is 79.4 Å². The lowest BCUT2D eigenvalue weighted by molar-refractivity contribution is 0.795. The van der Waals surface area contributed by atoms with Crippen LogP contribution in [0.1, 0.15) is 0 Å².